The van der Waals surface area contributed by atoms with Gasteiger partial charge in [0.15, 0.2) is 0 Å². The lowest BCUT2D eigenvalue weighted by Crippen LogP contribution is -2.20. The maximum Gasteiger partial charge on any atom is 0.261 e. The molecule has 1 atom stereocenters. The molecule has 0 saturated carbocycles. The minimum atomic E-state index is -0.260. The van der Waals surface area contributed by atoms with Crippen LogP contribution in [0.3, 0.4) is 0 Å². The van der Waals surface area contributed by atoms with Crippen LogP contribution in [0.25, 0.3) is 11.0 Å². The molecular formula is C16H14N4O2S2. The zero-order valence-corrected chi connectivity index (χ0v) is 14.3. The van der Waals surface area contributed by atoms with Crippen molar-refractivity contribution in [3.63, 3.8) is 0 Å². The van der Waals surface area contributed by atoms with Crippen molar-refractivity contribution in [2.24, 2.45) is 0 Å². The number of rotatable bonds is 4. The van der Waals surface area contributed by atoms with Gasteiger partial charge in [-0.2, -0.15) is 20.5 Å². The Bertz CT molecular complexity index is 877. The molecule has 1 aliphatic heterocycles. The number of carbonyl (C=O) groups is 1. The number of ether oxygens (including phenoxy) is 1. The van der Waals surface area contributed by atoms with Crippen LogP contribution in [-0.2, 0) is 0 Å². The van der Waals surface area contributed by atoms with Crippen LogP contribution in [0.1, 0.15) is 16.8 Å². The summed E-state index contributed by atoms with van der Waals surface area (Å²) in [5, 5.41) is 2.89. The van der Waals surface area contributed by atoms with E-state index in [1.807, 2.05) is 30.0 Å². The van der Waals surface area contributed by atoms with Crippen LogP contribution in [0.5, 0.6) is 5.88 Å². The Balaban J connectivity index is 1.59. The molecule has 3 heterocycles. The van der Waals surface area contributed by atoms with Crippen LogP contribution in [-0.4, -0.2) is 37.2 Å². The lowest BCUT2D eigenvalue weighted by Gasteiger charge is -2.14. The summed E-state index contributed by atoms with van der Waals surface area (Å²) >= 11 is 2.98. The SMILES string of the molecule is O=C(Nc1cccc2nsnc12)c1cccnc1OC1CCSC1. The molecule has 24 heavy (non-hydrogen) atoms. The van der Waals surface area contributed by atoms with Crippen molar-refractivity contribution in [3.05, 3.63) is 42.1 Å². The molecule has 0 spiro atoms. The second-order valence-corrected chi connectivity index (χ2v) is 7.03. The number of carbonyl (C=O) groups excluding carboxylic acids is 1. The highest BCUT2D eigenvalue weighted by molar-refractivity contribution is 7.99. The fourth-order valence-electron chi connectivity index (χ4n) is 2.52. The fourth-order valence-corrected chi connectivity index (χ4v) is 4.16. The Morgan fingerprint density at radius 2 is 2.21 bits per heavy atom. The monoisotopic (exact) mass is 358 g/mol. The molecule has 1 amide bonds. The van der Waals surface area contributed by atoms with Crippen LogP contribution in [0.15, 0.2) is 36.5 Å². The molecule has 1 saturated heterocycles. The van der Waals surface area contributed by atoms with Gasteiger partial charge in [-0.3, -0.25) is 4.79 Å². The third-order valence-electron chi connectivity index (χ3n) is 3.72. The van der Waals surface area contributed by atoms with E-state index in [0.29, 0.717) is 22.6 Å². The first-order chi connectivity index (χ1) is 11.8. The van der Waals surface area contributed by atoms with Gasteiger partial charge in [0.25, 0.3) is 5.91 Å². The zero-order valence-electron chi connectivity index (χ0n) is 12.6. The van der Waals surface area contributed by atoms with Crippen molar-refractivity contribution < 1.29 is 9.53 Å². The van der Waals surface area contributed by atoms with Gasteiger partial charge in [-0.05, 0) is 36.4 Å². The molecule has 0 aliphatic carbocycles. The van der Waals surface area contributed by atoms with Crippen LogP contribution in [0.4, 0.5) is 5.69 Å². The van der Waals surface area contributed by atoms with Crippen molar-refractivity contribution in [3.8, 4) is 5.88 Å². The Morgan fingerprint density at radius 3 is 3.08 bits per heavy atom. The maximum absolute atomic E-state index is 12.7. The van der Waals surface area contributed by atoms with Gasteiger partial charge < -0.3 is 10.1 Å². The molecule has 8 heteroatoms. The minimum absolute atomic E-state index is 0.114. The predicted octanol–water partition coefficient (Wildman–Crippen LogP) is 3.22. The quantitative estimate of drug-likeness (QED) is 0.772. The number of thioether (sulfide) groups is 1. The first kappa shape index (κ1) is 15.3. The van der Waals surface area contributed by atoms with E-state index in [2.05, 4.69) is 19.0 Å². The number of hydrogen-bond acceptors (Lipinski definition) is 7. The summed E-state index contributed by atoms with van der Waals surface area (Å²) in [5.74, 6) is 2.13. The summed E-state index contributed by atoms with van der Waals surface area (Å²) in [4.78, 5) is 16.9. The third kappa shape index (κ3) is 3.07. The third-order valence-corrected chi connectivity index (χ3v) is 5.39. The molecule has 1 aliphatic rings. The number of nitrogens with one attached hydrogen (secondary N) is 1. The molecule has 1 fully saturated rings. The largest absolute Gasteiger partial charge is 0.473 e. The van der Waals surface area contributed by atoms with Gasteiger partial charge in [-0.25, -0.2) is 4.98 Å². The van der Waals surface area contributed by atoms with E-state index in [1.165, 1.54) is 0 Å². The maximum atomic E-state index is 12.7. The lowest BCUT2D eigenvalue weighted by molar-refractivity contribution is 0.101. The Morgan fingerprint density at radius 1 is 1.25 bits per heavy atom. The average molecular weight is 358 g/mol. The molecule has 1 N–H and O–H groups in total. The highest BCUT2D eigenvalue weighted by Gasteiger charge is 2.21. The van der Waals surface area contributed by atoms with Crippen molar-refractivity contribution in [1.29, 1.82) is 0 Å². The lowest BCUT2D eigenvalue weighted by atomic mass is 10.2. The molecule has 4 rings (SSSR count). The molecule has 122 valence electrons. The van der Waals surface area contributed by atoms with Crippen molar-refractivity contribution in [2.75, 3.05) is 16.8 Å². The second kappa shape index (κ2) is 6.74. The van der Waals surface area contributed by atoms with Gasteiger partial charge in [0, 0.05) is 11.9 Å². The van der Waals surface area contributed by atoms with Gasteiger partial charge in [0.1, 0.15) is 22.7 Å². The Kier molecular flexibility index (Phi) is 4.31. The van der Waals surface area contributed by atoms with Crippen molar-refractivity contribution in [1.82, 2.24) is 13.7 Å². The summed E-state index contributed by atoms with van der Waals surface area (Å²) in [6.07, 6.45) is 2.73. The van der Waals surface area contributed by atoms with Crippen LogP contribution in [0.2, 0.25) is 0 Å². The van der Waals surface area contributed by atoms with E-state index in [1.54, 1.807) is 18.3 Å². The molecule has 0 radical (unpaired) electrons. The summed E-state index contributed by atoms with van der Waals surface area (Å²) in [6, 6.07) is 8.97. The van der Waals surface area contributed by atoms with E-state index in [4.69, 9.17) is 4.74 Å². The van der Waals surface area contributed by atoms with Gasteiger partial charge in [0.05, 0.1) is 17.4 Å². The summed E-state index contributed by atoms with van der Waals surface area (Å²) < 4.78 is 14.3. The number of hydrogen-bond donors (Lipinski definition) is 1. The highest BCUT2D eigenvalue weighted by Crippen LogP contribution is 2.26. The smallest absolute Gasteiger partial charge is 0.261 e. The summed E-state index contributed by atoms with van der Waals surface area (Å²) in [6.45, 7) is 0. The standard InChI is InChI=1S/C16H14N4O2S2/c21-15(18-12-4-1-5-13-14(12)20-24-19-13)11-3-2-7-17-16(11)22-10-6-8-23-9-10/h1-5,7,10H,6,8-9H2,(H,18,21). The first-order valence-electron chi connectivity index (χ1n) is 7.53. The molecule has 6 nitrogen and oxygen atoms in total. The number of amides is 1. The van der Waals surface area contributed by atoms with Crippen molar-refractivity contribution >= 4 is 46.1 Å². The molecular weight excluding hydrogens is 344 g/mol. The van der Waals surface area contributed by atoms with Gasteiger partial charge in [-0.15, -0.1) is 0 Å². The zero-order chi connectivity index (χ0) is 16.4. The second-order valence-electron chi connectivity index (χ2n) is 5.35. The van der Waals surface area contributed by atoms with Crippen molar-refractivity contribution in [2.45, 2.75) is 12.5 Å². The van der Waals surface area contributed by atoms with Gasteiger partial charge >= 0.3 is 0 Å². The topological polar surface area (TPSA) is 77.0 Å². The van der Waals surface area contributed by atoms with Crippen LogP contribution >= 0.6 is 23.5 Å². The normalized spacial score (nSPS) is 17.1. The van der Waals surface area contributed by atoms with Gasteiger partial charge in [0.2, 0.25) is 5.88 Å². The number of anilines is 1. The molecule has 1 unspecified atom stereocenters. The van der Waals surface area contributed by atoms with E-state index < -0.39 is 0 Å². The van der Waals surface area contributed by atoms with Gasteiger partial charge in [-0.1, -0.05) is 6.07 Å². The average Bonchev–Trinajstić information content (AvgIpc) is 3.27. The first-order valence-corrected chi connectivity index (χ1v) is 9.42. The number of benzene rings is 1. The fraction of sp³-hybridized carbons (Fsp3) is 0.250. The minimum Gasteiger partial charge on any atom is -0.473 e. The van der Waals surface area contributed by atoms with E-state index in [0.717, 1.165) is 35.2 Å². The summed E-state index contributed by atoms with van der Waals surface area (Å²) in [5.41, 5.74) is 2.52. The highest BCUT2D eigenvalue weighted by atomic mass is 32.2. The van der Waals surface area contributed by atoms with E-state index in [-0.39, 0.29) is 12.0 Å². The van der Waals surface area contributed by atoms with Crippen LogP contribution < -0.4 is 10.1 Å². The van der Waals surface area contributed by atoms with E-state index in [9.17, 15) is 4.79 Å². The molecule has 1 aromatic carbocycles. The van der Waals surface area contributed by atoms with Crippen LogP contribution in [0, 0.1) is 0 Å². The molecule has 0 bridgehead atoms. The summed E-state index contributed by atoms with van der Waals surface area (Å²) in [7, 11) is 0. The Hall–Kier alpha value is -2.19. The van der Waals surface area contributed by atoms with E-state index >= 15 is 0 Å². The molecule has 2 aromatic heterocycles. The number of nitrogens with zero attached hydrogens (tertiary/aromatic N) is 3. The number of pyridine rings is 1. The Labute approximate surface area is 147 Å². The predicted molar refractivity (Wildman–Crippen MR) is 96.0 cm³/mol. The molecule has 3 aromatic rings. The number of aromatic nitrogens is 3. The number of fused-ring (bicyclic) bond motifs is 1.